The van der Waals surface area contributed by atoms with Crippen LogP contribution in [0.15, 0.2) is 29.4 Å². The van der Waals surface area contributed by atoms with Crippen molar-refractivity contribution in [3.05, 3.63) is 24.5 Å². The number of H-pyrrole nitrogens is 1. The Morgan fingerprint density at radius 1 is 1.27 bits per heavy atom. The second-order valence-corrected chi connectivity index (χ2v) is 8.90. The fourth-order valence-corrected chi connectivity index (χ4v) is 5.16. The average molecular weight is 377 g/mol. The molecule has 1 unspecified atom stereocenters. The Balaban J connectivity index is 1.46. The van der Waals surface area contributed by atoms with Crippen LogP contribution in [0.2, 0.25) is 0 Å². The number of hydrogen-bond donors (Lipinski definition) is 2. The average Bonchev–Trinajstić information content (AvgIpc) is 3.04. The minimum atomic E-state index is -3.61. The van der Waals surface area contributed by atoms with Crippen LogP contribution in [0.4, 0.5) is 0 Å². The summed E-state index contributed by atoms with van der Waals surface area (Å²) in [5.41, 5.74) is 0.558. The third kappa shape index (κ3) is 2.89. The van der Waals surface area contributed by atoms with Crippen LogP contribution >= 0.6 is 0 Å². The number of pyridine rings is 1. The van der Waals surface area contributed by atoms with Gasteiger partial charge in [-0.3, -0.25) is 4.79 Å². The number of piperazine rings is 1. The van der Waals surface area contributed by atoms with E-state index in [1.54, 1.807) is 23.2 Å². The summed E-state index contributed by atoms with van der Waals surface area (Å²) in [6.45, 7) is 5.24. The first-order chi connectivity index (χ1) is 12.5. The maximum atomic E-state index is 13.0. The number of rotatable bonds is 4. The van der Waals surface area contributed by atoms with Gasteiger partial charge >= 0.3 is 0 Å². The first kappa shape index (κ1) is 17.4. The van der Waals surface area contributed by atoms with Gasteiger partial charge < -0.3 is 15.2 Å². The Labute approximate surface area is 152 Å². The van der Waals surface area contributed by atoms with Gasteiger partial charge in [0.25, 0.3) is 0 Å². The van der Waals surface area contributed by atoms with Crippen molar-refractivity contribution in [2.24, 2.45) is 11.8 Å². The van der Waals surface area contributed by atoms with Crippen molar-refractivity contribution >= 4 is 27.0 Å². The molecule has 1 atom stereocenters. The lowest BCUT2D eigenvalue weighted by atomic mass is 9.88. The number of hydrogen-bond acceptors (Lipinski definition) is 5. The van der Waals surface area contributed by atoms with E-state index in [1.165, 1.54) is 10.5 Å². The number of carbonyl (C=O) groups is 1. The topological polar surface area (TPSA) is 98.4 Å². The predicted molar refractivity (Wildman–Crippen MR) is 97.0 cm³/mol. The first-order valence-electron chi connectivity index (χ1n) is 8.90. The monoisotopic (exact) mass is 377 g/mol. The van der Waals surface area contributed by atoms with Crippen LogP contribution in [-0.2, 0) is 14.8 Å². The van der Waals surface area contributed by atoms with Gasteiger partial charge in [0.05, 0.1) is 0 Å². The van der Waals surface area contributed by atoms with Gasteiger partial charge in [-0.15, -0.1) is 0 Å². The van der Waals surface area contributed by atoms with Crippen molar-refractivity contribution in [1.29, 1.82) is 0 Å². The van der Waals surface area contributed by atoms with Crippen LogP contribution in [0, 0.1) is 11.8 Å². The Hall–Kier alpha value is -1.97. The quantitative estimate of drug-likeness (QED) is 0.796. The largest absolute Gasteiger partial charge is 0.345 e. The molecule has 2 fully saturated rings. The maximum absolute atomic E-state index is 13.0. The molecule has 0 saturated carbocycles. The molecule has 4 rings (SSSR count). The Morgan fingerprint density at radius 2 is 2.00 bits per heavy atom. The summed E-state index contributed by atoms with van der Waals surface area (Å²) in [7, 11) is -3.61. The third-order valence-electron chi connectivity index (χ3n) is 5.49. The highest BCUT2D eigenvalue weighted by Gasteiger charge is 2.35. The second kappa shape index (κ2) is 6.64. The molecule has 2 aliphatic heterocycles. The van der Waals surface area contributed by atoms with Gasteiger partial charge in [0, 0.05) is 49.9 Å². The molecule has 2 N–H and O–H groups in total. The normalized spacial score (nSPS) is 20.9. The molecule has 26 heavy (non-hydrogen) atoms. The van der Waals surface area contributed by atoms with E-state index in [-0.39, 0.29) is 16.7 Å². The highest BCUT2D eigenvalue weighted by molar-refractivity contribution is 7.89. The van der Waals surface area contributed by atoms with Crippen molar-refractivity contribution < 1.29 is 13.2 Å². The van der Waals surface area contributed by atoms with Crippen molar-refractivity contribution in [3.63, 3.8) is 0 Å². The number of aromatic nitrogens is 2. The van der Waals surface area contributed by atoms with Gasteiger partial charge in [0.15, 0.2) is 0 Å². The Morgan fingerprint density at radius 3 is 2.65 bits per heavy atom. The van der Waals surface area contributed by atoms with Crippen LogP contribution in [0.3, 0.4) is 0 Å². The molecular weight excluding hydrogens is 354 g/mol. The summed E-state index contributed by atoms with van der Waals surface area (Å²) in [6, 6.07) is 3.47. The summed E-state index contributed by atoms with van der Waals surface area (Å²) >= 11 is 0. The zero-order valence-corrected chi connectivity index (χ0v) is 15.5. The highest BCUT2D eigenvalue weighted by Crippen LogP contribution is 2.26. The number of amides is 1. The third-order valence-corrected chi connectivity index (χ3v) is 7.43. The fourth-order valence-electron chi connectivity index (χ4n) is 3.59. The molecule has 2 saturated heterocycles. The molecule has 2 aliphatic rings. The van der Waals surface area contributed by atoms with E-state index >= 15 is 0 Å². The first-order valence-corrected chi connectivity index (χ1v) is 10.3. The maximum Gasteiger partial charge on any atom is 0.245 e. The number of sulfonamides is 1. The van der Waals surface area contributed by atoms with E-state index in [0.717, 1.165) is 13.1 Å². The van der Waals surface area contributed by atoms with E-state index in [0.29, 0.717) is 43.1 Å². The summed E-state index contributed by atoms with van der Waals surface area (Å²) in [4.78, 5) is 21.7. The van der Waals surface area contributed by atoms with Crippen molar-refractivity contribution in [1.82, 2.24) is 24.5 Å². The number of aromatic amines is 1. The molecule has 2 aromatic heterocycles. The van der Waals surface area contributed by atoms with Crippen molar-refractivity contribution in [3.8, 4) is 0 Å². The Bertz CT molecular complexity index is 913. The molecule has 0 radical (unpaired) electrons. The van der Waals surface area contributed by atoms with E-state index in [2.05, 4.69) is 15.3 Å². The van der Waals surface area contributed by atoms with Gasteiger partial charge in [-0.2, -0.15) is 4.31 Å². The second-order valence-electron chi connectivity index (χ2n) is 6.99. The number of nitrogens with zero attached hydrogens (tertiary/aromatic N) is 3. The molecule has 4 heterocycles. The molecule has 0 bridgehead atoms. The zero-order valence-electron chi connectivity index (χ0n) is 14.7. The van der Waals surface area contributed by atoms with Gasteiger partial charge in [-0.25, -0.2) is 13.4 Å². The molecule has 1 amide bonds. The summed E-state index contributed by atoms with van der Waals surface area (Å²) in [5.74, 6) is 0.506. The van der Waals surface area contributed by atoms with Gasteiger partial charge in [-0.1, -0.05) is 6.92 Å². The standard InChI is InChI=1S/C17H23N5O3S/c1-12(13-9-18-10-13)17(23)21-5-7-22(8-6-21)26(24,25)15-11-20-16-14(15)3-2-4-19-16/h2-4,11-13,18H,5-10H2,1H3,(H,19,20). The summed E-state index contributed by atoms with van der Waals surface area (Å²) in [5, 5.41) is 3.79. The van der Waals surface area contributed by atoms with Gasteiger partial charge in [-0.05, 0) is 31.1 Å². The SMILES string of the molecule is CC(C(=O)N1CCN(S(=O)(=O)c2c[nH]c3ncccc23)CC1)C1CNC1. The van der Waals surface area contributed by atoms with E-state index < -0.39 is 10.0 Å². The number of fused-ring (bicyclic) bond motifs is 1. The summed E-state index contributed by atoms with van der Waals surface area (Å²) in [6.07, 6.45) is 3.12. The lowest BCUT2D eigenvalue weighted by molar-refractivity contribution is -0.138. The molecule has 0 aliphatic carbocycles. The molecule has 0 spiro atoms. The minimum Gasteiger partial charge on any atom is -0.345 e. The number of nitrogens with one attached hydrogen (secondary N) is 2. The van der Waals surface area contributed by atoms with E-state index in [4.69, 9.17) is 0 Å². The zero-order chi connectivity index (χ0) is 18.3. The van der Waals surface area contributed by atoms with Crippen molar-refractivity contribution in [2.75, 3.05) is 39.3 Å². The molecule has 8 nitrogen and oxygen atoms in total. The minimum absolute atomic E-state index is 0.0147. The van der Waals surface area contributed by atoms with Crippen molar-refractivity contribution in [2.45, 2.75) is 11.8 Å². The predicted octanol–water partition coefficient (Wildman–Crippen LogP) is 0.251. The fraction of sp³-hybridized carbons (Fsp3) is 0.529. The van der Waals surface area contributed by atoms with Crippen LogP contribution in [-0.4, -0.2) is 72.8 Å². The van der Waals surface area contributed by atoms with E-state index in [9.17, 15) is 13.2 Å². The van der Waals surface area contributed by atoms with Crippen LogP contribution in [0.1, 0.15) is 6.92 Å². The molecule has 0 aromatic carbocycles. The molecule has 9 heteroatoms. The van der Waals surface area contributed by atoms with Gasteiger partial charge in [0.1, 0.15) is 10.5 Å². The lowest BCUT2D eigenvalue weighted by Gasteiger charge is -2.38. The molecule has 2 aromatic rings. The highest BCUT2D eigenvalue weighted by atomic mass is 32.2. The molecular formula is C17H23N5O3S. The van der Waals surface area contributed by atoms with E-state index in [1.807, 2.05) is 6.92 Å². The Kier molecular flexibility index (Phi) is 4.45. The van der Waals surface area contributed by atoms with Crippen LogP contribution < -0.4 is 5.32 Å². The lowest BCUT2D eigenvalue weighted by Crippen LogP contribution is -2.55. The summed E-state index contributed by atoms with van der Waals surface area (Å²) < 4.78 is 27.5. The smallest absolute Gasteiger partial charge is 0.245 e. The van der Waals surface area contributed by atoms with Crippen LogP contribution in [0.25, 0.3) is 11.0 Å². The van der Waals surface area contributed by atoms with Crippen LogP contribution in [0.5, 0.6) is 0 Å². The number of carbonyl (C=O) groups excluding carboxylic acids is 1. The molecule has 140 valence electrons. The van der Waals surface area contributed by atoms with Gasteiger partial charge in [0.2, 0.25) is 15.9 Å².